The van der Waals surface area contributed by atoms with Crippen molar-refractivity contribution in [1.82, 2.24) is 9.97 Å². The third-order valence-electron chi connectivity index (χ3n) is 2.65. The second kappa shape index (κ2) is 4.29. The number of hydrogen-bond acceptors (Lipinski definition) is 2. The number of nitrogens with zero attached hydrogens (tertiary/aromatic N) is 1. The zero-order valence-electron chi connectivity index (χ0n) is 9.26. The molecule has 0 radical (unpaired) electrons. The molecular weight excluding hydrogens is 212 g/mol. The van der Waals surface area contributed by atoms with E-state index in [9.17, 15) is 0 Å². The highest BCUT2D eigenvalue weighted by Crippen LogP contribution is 2.23. The fraction of sp³-hybridized carbons (Fsp3) is 0.0714. The summed E-state index contributed by atoms with van der Waals surface area (Å²) in [6.07, 6.45) is 3.63. The molecule has 3 heteroatoms. The third-order valence-corrected chi connectivity index (χ3v) is 2.65. The van der Waals surface area contributed by atoms with Gasteiger partial charge in [-0.1, -0.05) is 30.3 Å². The molecule has 84 valence electrons. The largest absolute Gasteiger partial charge is 0.474 e. The number of benzene rings is 1. The van der Waals surface area contributed by atoms with Crippen LogP contribution in [0.2, 0.25) is 0 Å². The van der Waals surface area contributed by atoms with Crippen molar-refractivity contribution >= 4 is 10.9 Å². The van der Waals surface area contributed by atoms with E-state index >= 15 is 0 Å². The summed E-state index contributed by atoms with van der Waals surface area (Å²) in [7, 11) is 0. The highest BCUT2D eigenvalue weighted by atomic mass is 16.5. The second-order valence-corrected chi connectivity index (χ2v) is 3.83. The predicted octanol–water partition coefficient (Wildman–Crippen LogP) is 3.14. The SMILES string of the molecule is c1ccc(COc2[nH]cc3ncccc23)cc1. The van der Waals surface area contributed by atoms with Crippen LogP contribution in [0.4, 0.5) is 0 Å². The Morgan fingerprint density at radius 3 is 2.82 bits per heavy atom. The summed E-state index contributed by atoms with van der Waals surface area (Å²) in [4.78, 5) is 7.34. The lowest BCUT2D eigenvalue weighted by Crippen LogP contribution is -1.95. The molecule has 0 unspecified atom stereocenters. The summed E-state index contributed by atoms with van der Waals surface area (Å²) in [5, 5.41) is 1.02. The Kier molecular flexibility index (Phi) is 2.50. The Morgan fingerprint density at radius 1 is 1.06 bits per heavy atom. The molecule has 0 atom stereocenters. The van der Waals surface area contributed by atoms with E-state index in [1.807, 2.05) is 48.7 Å². The number of aromatic nitrogens is 2. The maximum Gasteiger partial charge on any atom is 0.200 e. The topological polar surface area (TPSA) is 37.9 Å². The van der Waals surface area contributed by atoms with Crippen LogP contribution >= 0.6 is 0 Å². The fourth-order valence-corrected chi connectivity index (χ4v) is 1.79. The molecule has 3 rings (SSSR count). The van der Waals surface area contributed by atoms with Crippen molar-refractivity contribution < 1.29 is 4.74 Å². The Labute approximate surface area is 99.1 Å². The van der Waals surface area contributed by atoms with Gasteiger partial charge < -0.3 is 9.72 Å². The predicted molar refractivity (Wildman–Crippen MR) is 66.9 cm³/mol. The highest BCUT2D eigenvalue weighted by Gasteiger charge is 2.04. The van der Waals surface area contributed by atoms with Gasteiger partial charge in [-0.25, -0.2) is 0 Å². The molecule has 0 spiro atoms. The van der Waals surface area contributed by atoms with Gasteiger partial charge >= 0.3 is 0 Å². The summed E-state index contributed by atoms with van der Waals surface area (Å²) >= 11 is 0. The number of hydrogen-bond donors (Lipinski definition) is 1. The standard InChI is InChI=1S/C14H12N2O/c1-2-5-11(6-3-1)10-17-14-12-7-4-8-15-13(12)9-16-14/h1-9,16H,10H2. The van der Waals surface area contributed by atoms with Gasteiger partial charge in [0.05, 0.1) is 10.9 Å². The Bertz CT molecular complexity index is 616. The molecule has 0 aliphatic heterocycles. The highest BCUT2D eigenvalue weighted by molar-refractivity contribution is 5.83. The molecule has 0 fully saturated rings. The van der Waals surface area contributed by atoms with Crippen molar-refractivity contribution in [2.75, 3.05) is 0 Å². The Morgan fingerprint density at radius 2 is 1.94 bits per heavy atom. The van der Waals surface area contributed by atoms with Gasteiger partial charge in [0.25, 0.3) is 0 Å². The van der Waals surface area contributed by atoms with Crippen molar-refractivity contribution in [2.24, 2.45) is 0 Å². The summed E-state index contributed by atoms with van der Waals surface area (Å²) in [6, 6.07) is 14.0. The molecule has 0 saturated heterocycles. The van der Waals surface area contributed by atoms with Gasteiger partial charge in [0.15, 0.2) is 0 Å². The van der Waals surface area contributed by atoms with Crippen LogP contribution in [0.15, 0.2) is 54.9 Å². The molecule has 2 aromatic heterocycles. The summed E-state index contributed by atoms with van der Waals surface area (Å²) in [5.74, 6) is 0.775. The maximum atomic E-state index is 5.75. The number of rotatable bonds is 3. The minimum atomic E-state index is 0.561. The number of fused-ring (bicyclic) bond motifs is 1. The molecule has 1 aromatic carbocycles. The smallest absolute Gasteiger partial charge is 0.200 e. The first-order chi connectivity index (χ1) is 8.43. The summed E-state index contributed by atoms with van der Waals surface area (Å²) in [5.41, 5.74) is 2.08. The molecule has 0 saturated carbocycles. The number of H-pyrrole nitrogens is 1. The molecular formula is C14H12N2O. The maximum absolute atomic E-state index is 5.75. The lowest BCUT2D eigenvalue weighted by atomic mass is 10.2. The Balaban J connectivity index is 1.82. The quantitative estimate of drug-likeness (QED) is 0.742. The molecule has 3 aromatic rings. The number of aromatic amines is 1. The fourth-order valence-electron chi connectivity index (χ4n) is 1.79. The van der Waals surface area contributed by atoms with Crippen molar-refractivity contribution in [3.05, 3.63) is 60.4 Å². The molecule has 0 aliphatic rings. The van der Waals surface area contributed by atoms with Gasteiger partial charge in [0.1, 0.15) is 6.61 Å². The first-order valence-electron chi connectivity index (χ1n) is 5.52. The molecule has 3 nitrogen and oxygen atoms in total. The Hall–Kier alpha value is -2.29. The summed E-state index contributed by atoms with van der Waals surface area (Å²) < 4.78 is 5.75. The molecule has 17 heavy (non-hydrogen) atoms. The lowest BCUT2D eigenvalue weighted by molar-refractivity contribution is 0.299. The van der Waals surface area contributed by atoms with Crippen LogP contribution < -0.4 is 4.74 Å². The molecule has 0 amide bonds. The van der Waals surface area contributed by atoms with Crippen LogP contribution in [-0.2, 0) is 6.61 Å². The molecule has 1 N–H and O–H groups in total. The molecule has 2 heterocycles. The third kappa shape index (κ3) is 1.99. The van der Waals surface area contributed by atoms with E-state index in [4.69, 9.17) is 4.74 Å². The monoisotopic (exact) mass is 224 g/mol. The van der Waals surface area contributed by atoms with Crippen molar-refractivity contribution in [2.45, 2.75) is 6.61 Å². The van der Waals surface area contributed by atoms with E-state index in [-0.39, 0.29) is 0 Å². The van der Waals surface area contributed by atoms with Crippen LogP contribution in [0.3, 0.4) is 0 Å². The van der Waals surface area contributed by atoms with Crippen molar-refractivity contribution in [3.8, 4) is 5.88 Å². The normalized spacial score (nSPS) is 10.6. The molecule has 0 bridgehead atoms. The van der Waals surface area contributed by atoms with Gasteiger partial charge in [-0.15, -0.1) is 0 Å². The minimum absolute atomic E-state index is 0.561. The second-order valence-electron chi connectivity index (χ2n) is 3.83. The van der Waals surface area contributed by atoms with Gasteiger partial charge in [-0.2, -0.15) is 0 Å². The zero-order chi connectivity index (χ0) is 11.5. The number of nitrogens with one attached hydrogen (secondary N) is 1. The average Bonchev–Trinajstić information content (AvgIpc) is 2.81. The number of ether oxygens (including phenoxy) is 1. The van der Waals surface area contributed by atoms with Gasteiger partial charge in [0.2, 0.25) is 5.88 Å². The van der Waals surface area contributed by atoms with Gasteiger partial charge in [-0.05, 0) is 17.7 Å². The van der Waals surface area contributed by atoms with E-state index in [0.717, 1.165) is 22.3 Å². The summed E-state index contributed by atoms with van der Waals surface area (Å²) in [6.45, 7) is 0.561. The average molecular weight is 224 g/mol. The van der Waals surface area contributed by atoms with Crippen molar-refractivity contribution in [1.29, 1.82) is 0 Å². The van der Waals surface area contributed by atoms with Gasteiger partial charge in [-0.3, -0.25) is 4.98 Å². The number of pyridine rings is 1. The molecule has 0 aliphatic carbocycles. The first kappa shape index (κ1) is 9.90. The van der Waals surface area contributed by atoms with Crippen LogP contribution in [0, 0.1) is 0 Å². The van der Waals surface area contributed by atoms with Crippen LogP contribution in [0.25, 0.3) is 10.9 Å². The lowest BCUT2D eigenvalue weighted by Gasteiger charge is -2.04. The van der Waals surface area contributed by atoms with E-state index in [1.165, 1.54) is 0 Å². The van der Waals surface area contributed by atoms with E-state index < -0.39 is 0 Å². The van der Waals surface area contributed by atoms with Gasteiger partial charge in [0, 0.05) is 12.4 Å². The van der Waals surface area contributed by atoms with E-state index in [2.05, 4.69) is 9.97 Å². The van der Waals surface area contributed by atoms with E-state index in [0.29, 0.717) is 6.61 Å². The van der Waals surface area contributed by atoms with Crippen LogP contribution in [-0.4, -0.2) is 9.97 Å². The van der Waals surface area contributed by atoms with Crippen LogP contribution in [0.5, 0.6) is 5.88 Å². The zero-order valence-corrected chi connectivity index (χ0v) is 9.26. The van der Waals surface area contributed by atoms with Crippen LogP contribution in [0.1, 0.15) is 5.56 Å². The minimum Gasteiger partial charge on any atom is -0.474 e. The first-order valence-corrected chi connectivity index (χ1v) is 5.52. The van der Waals surface area contributed by atoms with Crippen molar-refractivity contribution in [3.63, 3.8) is 0 Å². The van der Waals surface area contributed by atoms with E-state index in [1.54, 1.807) is 6.20 Å².